The van der Waals surface area contributed by atoms with Gasteiger partial charge in [-0.2, -0.15) is 26.3 Å². The summed E-state index contributed by atoms with van der Waals surface area (Å²) in [5.41, 5.74) is -1.49. The third-order valence-electron chi connectivity index (χ3n) is 8.22. The van der Waals surface area contributed by atoms with Gasteiger partial charge in [-0.05, 0) is 79.5 Å². The Hall–Kier alpha value is -2.88. The number of ether oxygens (including phenoxy) is 1. The third kappa shape index (κ3) is 5.71. The highest BCUT2D eigenvalue weighted by Gasteiger charge is 2.47. The lowest BCUT2D eigenvalue weighted by Gasteiger charge is -2.41. The maximum absolute atomic E-state index is 13.8. The molecule has 0 spiro atoms. The Balaban J connectivity index is 1.45. The molecule has 0 bridgehead atoms. The smallest absolute Gasteiger partial charge is 0.370 e. The first-order valence-electron chi connectivity index (χ1n) is 13.0. The summed E-state index contributed by atoms with van der Waals surface area (Å²) < 4.78 is 101. The lowest BCUT2D eigenvalue weighted by Crippen LogP contribution is -2.38. The van der Waals surface area contributed by atoms with E-state index in [-0.39, 0.29) is 35.2 Å². The summed E-state index contributed by atoms with van der Waals surface area (Å²) in [6.45, 7) is 2.71. The largest absolute Gasteiger partial charge is 0.416 e. The minimum absolute atomic E-state index is 0.0166. The van der Waals surface area contributed by atoms with E-state index in [0.717, 1.165) is 12.0 Å². The molecule has 0 N–H and O–H groups in total. The Labute approximate surface area is 221 Å². The summed E-state index contributed by atoms with van der Waals surface area (Å²) in [6.07, 6.45) is -7.13. The van der Waals surface area contributed by atoms with Gasteiger partial charge in [0, 0.05) is 25.4 Å². The van der Waals surface area contributed by atoms with Gasteiger partial charge in [0.2, 0.25) is 0 Å². The van der Waals surface area contributed by atoms with Crippen molar-refractivity contribution in [3.05, 3.63) is 82.3 Å². The number of Topliss-reactive ketones (excluding diaryl/α,β-unsaturated/α-hetero) is 1. The molecule has 5 atom stereocenters. The molecule has 2 aromatic rings. The molecular weight excluding hydrogens is 527 g/mol. The van der Waals surface area contributed by atoms with E-state index >= 15 is 0 Å². The van der Waals surface area contributed by atoms with Crippen molar-refractivity contribution in [2.75, 3.05) is 13.1 Å². The lowest BCUT2D eigenvalue weighted by atomic mass is 9.69. The van der Waals surface area contributed by atoms with Gasteiger partial charge in [-0.15, -0.1) is 0 Å². The van der Waals surface area contributed by atoms with Crippen molar-refractivity contribution in [3.63, 3.8) is 0 Å². The Morgan fingerprint density at radius 1 is 0.923 bits per heavy atom. The number of carbonyl (C=O) groups excluding carboxylic acids is 1. The summed E-state index contributed by atoms with van der Waals surface area (Å²) in [5, 5.41) is 0. The normalized spacial score (nSPS) is 26.5. The van der Waals surface area contributed by atoms with Gasteiger partial charge in [-0.3, -0.25) is 4.79 Å². The number of fused-ring (bicyclic) bond motifs is 1. The van der Waals surface area contributed by atoms with E-state index in [1.165, 1.54) is 19.1 Å². The van der Waals surface area contributed by atoms with Crippen LogP contribution in [0.25, 0.3) is 0 Å². The van der Waals surface area contributed by atoms with E-state index in [4.69, 9.17) is 4.74 Å². The molecule has 2 fully saturated rings. The van der Waals surface area contributed by atoms with Gasteiger partial charge in [0.1, 0.15) is 5.82 Å². The minimum Gasteiger partial charge on any atom is -0.370 e. The van der Waals surface area contributed by atoms with Crippen molar-refractivity contribution >= 4 is 5.78 Å². The van der Waals surface area contributed by atoms with E-state index in [1.54, 1.807) is 12.1 Å². The van der Waals surface area contributed by atoms with E-state index in [1.807, 2.05) is 6.08 Å². The summed E-state index contributed by atoms with van der Waals surface area (Å²) in [6, 6.07) is 7.47. The number of halogens is 7. The summed E-state index contributed by atoms with van der Waals surface area (Å²) >= 11 is 0. The van der Waals surface area contributed by atoms with Crippen molar-refractivity contribution in [3.8, 4) is 0 Å². The second-order valence-electron chi connectivity index (χ2n) is 10.7. The number of rotatable bonds is 5. The van der Waals surface area contributed by atoms with Gasteiger partial charge in [-0.1, -0.05) is 18.2 Å². The molecule has 0 unspecified atom stereocenters. The zero-order valence-corrected chi connectivity index (χ0v) is 21.2. The monoisotopic (exact) mass is 555 g/mol. The number of nitrogens with zero attached hydrogens (tertiary/aromatic N) is 1. The maximum atomic E-state index is 13.8. The van der Waals surface area contributed by atoms with Crippen LogP contribution in [0.1, 0.15) is 66.9 Å². The second kappa shape index (κ2) is 10.3. The third-order valence-corrected chi connectivity index (χ3v) is 8.22. The van der Waals surface area contributed by atoms with Crippen LogP contribution in [0.4, 0.5) is 30.7 Å². The molecule has 10 heteroatoms. The molecule has 2 aromatic carbocycles. The standard InChI is InChI=1S/C29H28F7NO2/c1-16(19-11-20(28(31,32)33)13-21(12-19)29(34,35)36)39-26-10-7-18-14-37(24-3-2-4-25(24)38)15-23(18)27(26)17-5-8-22(30)9-6-17/h3,5-6,8-9,11-13,16,18,23,26-27H,2,4,7,10,14-15H2,1H3/t16-,18-,23-,26+,27+/m1/s1. The summed E-state index contributed by atoms with van der Waals surface area (Å²) in [7, 11) is 0. The number of alkyl halides is 6. The molecule has 1 saturated carbocycles. The van der Waals surface area contributed by atoms with Crippen LogP contribution < -0.4 is 0 Å². The molecule has 1 aliphatic heterocycles. The summed E-state index contributed by atoms with van der Waals surface area (Å²) in [5.74, 6) is -0.367. The van der Waals surface area contributed by atoms with Gasteiger partial charge in [0.15, 0.2) is 5.78 Å². The highest BCUT2D eigenvalue weighted by Crippen LogP contribution is 2.49. The molecule has 3 nitrogen and oxygen atoms in total. The fourth-order valence-corrected chi connectivity index (χ4v) is 6.38. The average molecular weight is 556 g/mol. The first kappa shape index (κ1) is 27.7. The zero-order valence-electron chi connectivity index (χ0n) is 21.2. The van der Waals surface area contributed by atoms with Crippen LogP contribution >= 0.6 is 0 Å². The van der Waals surface area contributed by atoms with Gasteiger partial charge in [-0.25, -0.2) is 4.39 Å². The molecule has 39 heavy (non-hydrogen) atoms. The van der Waals surface area contributed by atoms with Crippen molar-refractivity contribution in [2.45, 2.75) is 63.1 Å². The van der Waals surface area contributed by atoms with Crippen LogP contribution in [0.5, 0.6) is 0 Å². The van der Waals surface area contributed by atoms with Crippen molar-refractivity contribution in [1.29, 1.82) is 0 Å². The first-order chi connectivity index (χ1) is 18.3. The van der Waals surface area contributed by atoms with Crippen LogP contribution in [0.3, 0.4) is 0 Å². The second-order valence-corrected chi connectivity index (χ2v) is 10.7. The van der Waals surface area contributed by atoms with Gasteiger partial charge < -0.3 is 9.64 Å². The molecule has 0 radical (unpaired) electrons. The molecule has 2 aliphatic carbocycles. The molecule has 1 saturated heterocycles. The SMILES string of the molecule is C[C@@H](O[C@H]1CC[C@@H]2CN(C3=CCCC3=O)C[C@H]2[C@@H]1c1ccc(F)cc1)c1cc(C(F)(F)F)cc(C(F)(F)F)c1. The number of carbonyl (C=O) groups is 1. The fraction of sp³-hybridized carbons (Fsp3) is 0.483. The Morgan fingerprint density at radius 3 is 2.13 bits per heavy atom. The van der Waals surface area contributed by atoms with Crippen LogP contribution in [0.15, 0.2) is 54.2 Å². The maximum Gasteiger partial charge on any atom is 0.416 e. The lowest BCUT2D eigenvalue weighted by molar-refractivity contribution is -0.143. The quantitative estimate of drug-likeness (QED) is 0.355. The van der Waals surface area contributed by atoms with E-state index in [9.17, 15) is 35.5 Å². The van der Waals surface area contributed by atoms with Gasteiger partial charge in [0.05, 0.1) is 29.0 Å². The molecule has 210 valence electrons. The number of benzene rings is 2. The molecule has 0 amide bonds. The number of allylic oxidation sites excluding steroid dienone is 2. The van der Waals surface area contributed by atoms with Gasteiger partial charge in [0.25, 0.3) is 0 Å². The predicted molar refractivity (Wildman–Crippen MR) is 129 cm³/mol. The Morgan fingerprint density at radius 2 is 1.56 bits per heavy atom. The van der Waals surface area contributed by atoms with Crippen molar-refractivity contribution in [2.24, 2.45) is 11.8 Å². The molecule has 5 rings (SSSR count). The first-order valence-corrected chi connectivity index (χ1v) is 13.0. The van der Waals surface area contributed by atoms with E-state index in [0.29, 0.717) is 50.2 Å². The average Bonchev–Trinajstić information content (AvgIpc) is 3.49. The molecule has 0 aromatic heterocycles. The highest BCUT2D eigenvalue weighted by atomic mass is 19.4. The Bertz CT molecular complexity index is 1220. The molecular formula is C29H28F7NO2. The van der Waals surface area contributed by atoms with Gasteiger partial charge >= 0.3 is 12.4 Å². The van der Waals surface area contributed by atoms with Crippen LogP contribution in [0, 0.1) is 17.7 Å². The molecule has 3 aliphatic rings. The Kier molecular flexibility index (Phi) is 7.28. The van der Waals surface area contributed by atoms with E-state index in [2.05, 4.69) is 4.90 Å². The van der Waals surface area contributed by atoms with E-state index < -0.39 is 41.5 Å². The predicted octanol–water partition coefficient (Wildman–Crippen LogP) is 7.68. The number of ketones is 1. The fourth-order valence-electron chi connectivity index (χ4n) is 6.38. The van der Waals surface area contributed by atoms with Crippen molar-refractivity contribution < 1.29 is 40.3 Å². The minimum atomic E-state index is -4.95. The van der Waals surface area contributed by atoms with Crippen LogP contribution in [-0.4, -0.2) is 29.9 Å². The highest BCUT2D eigenvalue weighted by molar-refractivity contribution is 5.97. The van der Waals surface area contributed by atoms with Crippen LogP contribution in [-0.2, 0) is 21.9 Å². The topological polar surface area (TPSA) is 29.5 Å². The van der Waals surface area contributed by atoms with Crippen molar-refractivity contribution in [1.82, 2.24) is 4.90 Å². The number of hydrogen-bond acceptors (Lipinski definition) is 3. The number of likely N-dealkylation sites (tertiary alicyclic amines) is 1. The zero-order chi connectivity index (χ0) is 28.1. The summed E-state index contributed by atoms with van der Waals surface area (Å²) in [4.78, 5) is 14.5. The van der Waals surface area contributed by atoms with Crippen LogP contribution in [0.2, 0.25) is 0 Å². The molecule has 1 heterocycles. The number of hydrogen-bond donors (Lipinski definition) is 0.